The van der Waals surface area contributed by atoms with Crippen molar-refractivity contribution in [2.75, 3.05) is 6.54 Å². The zero-order chi connectivity index (χ0) is 16.0. The first kappa shape index (κ1) is 17.8. The molecule has 21 heavy (non-hydrogen) atoms. The molecule has 0 spiro atoms. The molecule has 2 unspecified atom stereocenters. The second-order valence-corrected chi connectivity index (χ2v) is 7.20. The van der Waals surface area contributed by atoms with Crippen LogP contribution < -0.4 is 15.3 Å². The van der Waals surface area contributed by atoms with Gasteiger partial charge in [-0.3, -0.25) is 4.79 Å². The molecule has 1 aromatic carbocycles. The Balaban J connectivity index is 2.94. The van der Waals surface area contributed by atoms with Gasteiger partial charge in [-0.05, 0) is 23.4 Å². The number of rotatable bonds is 7. The standard InChI is InChI=1S/C13H19N2O4PS/c1-9(2)12(13(17)14-7-8-16)15-21(18,19)11-5-3-10(20)4-6-11/h3-6,8-9,12,15H,7,20H2,1-2H3,(H,14,17). The zero-order valence-electron chi connectivity index (χ0n) is 11.9. The molecule has 0 aromatic heterocycles. The first-order valence-electron chi connectivity index (χ1n) is 6.37. The van der Waals surface area contributed by atoms with Gasteiger partial charge in [0.25, 0.3) is 0 Å². The van der Waals surface area contributed by atoms with Gasteiger partial charge in [-0.2, -0.15) is 4.72 Å². The first-order valence-corrected chi connectivity index (χ1v) is 8.43. The van der Waals surface area contributed by atoms with Crippen molar-refractivity contribution < 1.29 is 18.0 Å². The lowest BCUT2D eigenvalue weighted by atomic mass is 10.1. The maximum Gasteiger partial charge on any atom is 0.241 e. The van der Waals surface area contributed by atoms with Crippen molar-refractivity contribution in [3.63, 3.8) is 0 Å². The first-order chi connectivity index (χ1) is 9.77. The van der Waals surface area contributed by atoms with Crippen LogP contribution in [0.25, 0.3) is 0 Å². The van der Waals surface area contributed by atoms with Crippen molar-refractivity contribution in [2.24, 2.45) is 5.92 Å². The fourth-order valence-corrected chi connectivity index (χ4v) is 3.16. The molecule has 0 radical (unpaired) electrons. The van der Waals surface area contributed by atoms with E-state index >= 15 is 0 Å². The Labute approximate surface area is 126 Å². The van der Waals surface area contributed by atoms with Gasteiger partial charge in [-0.25, -0.2) is 8.42 Å². The van der Waals surface area contributed by atoms with Gasteiger partial charge in [0, 0.05) is 0 Å². The van der Waals surface area contributed by atoms with Crippen molar-refractivity contribution >= 4 is 36.8 Å². The summed E-state index contributed by atoms with van der Waals surface area (Å²) >= 11 is 0. The van der Waals surface area contributed by atoms with Gasteiger partial charge in [0.2, 0.25) is 15.9 Å². The van der Waals surface area contributed by atoms with Gasteiger partial charge >= 0.3 is 0 Å². The summed E-state index contributed by atoms with van der Waals surface area (Å²) < 4.78 is 26.9. The third-order valence-electron chi connectivity index (χ3n) is 2.78. The van der Waals surface area contributed by atoms with E-state index in [-0.39, 0.29) is 17.4 Å². The highest BCUT2D eigenvalue weighted by Crippen LogP contribution is 2.11. The van der Waals surface area contributed by atoms with Crippen LogP contribution in [0.3, 0.4) is 0 Å². The van der Waals surface area contributed by atoms with Crippen LogP contribution >= 0.6 is 9.24 Å². The summed E-state index contributed by atoms with van der Waals surface area (Å²) in [5.41, 5.74) is 0. The molecule has 0 bridgehead atoms. The fraction of sp³-hybridized carbons (Fsp3) is 0.385. The zero-order valence-corrected chi connectivity index (χ0v) is 13.8. The lowest BCUT2D eigenvalue weighted by Gasteiger charge is -2.21. The summed E-state index contributed by atoms with van der Waals surface area (Å²) in [5, 5.41) is 3.22. The van der Waals surface area contributed by atoms with Gasteiger partial charge in [-0.1, -0.05) is 26.0 Å². The summed E-state index contributed by atoms with van der Waals surface area (Å²) in [6.45, 7) is 3.30. The lowest BCUT2D eigenvalue weighted by Crippen LogP contribution is -2.49. The number of carbonyl (C=O) groups excluding carboxylic acids is 2. The van der Waals surface area contributed by atoms with E-state index in [0.717, 1.165) is 5.30 Å². The second-order valence-electron chi connectivity index (χ2n) is 4.82. The summed E-state index contributed by atoms with van der Waals surface area (Å²) in [6, 6.07) is 5.29. The Morgan fingerprint density at radius 1 is 1.29 bits per heavy atom. The average molecular weight is 330 g/mol. The van der Waals surface area contributed by atoms with E-state index in [0.29, 0.717) is 6.29 Å². The molecular weight excluding hydrogens is 311 g/mol. The van der Waals surface area contributed by atoms with Crippen LogP contribution in [0, 0.1) is 5.92 Å². The van der Waals surface area contributed by atoms with E-state index in [1.54, 1.807) is 26.0 Å². The van der Waals surface area contributed by atoms with Gasteiger partial charge in [0.1, 0.15) is 12.3 Å². The van der Waals surface area contributed by atoms with Crippen LogP contribution in [0.15, 0.2) is 29.2 Å². The van der Waals surface area contributed by atoms with Crippen molar-refractivity contribution in [1.29, 1.82) is 0 Å². The van der Waals surface area contributed by atoms with Crippen molar-refractivity contribution in [1.82, 2.24) is 10.0 Å². The topological polar surface area (TPSA) is 92.3 Å². The van der Waals surface area contributed by atoms with Gasteiger partial charge in [0.05, 0.1) is 11.4 Å². The van der Waals surface area contributed by atoms with E-state index in [1.807, 2.05) is 0 Å². The summed E-state index contributed by atoms with van der Waals surface area (Å²) in [6.07, 6.45) is 0.543. The third-order valence-corrected chi connectivity index (χ3v) is 4.62. The van der Waals surface area contributed by atoms with Crippen LogP contribution in [0.2, 0.25) is 0 Å². The molecule has 0 aliphatic heterocycles. The molecular formula is C13H19N2O4PS. The molecule has 2 N–H and O–H groups in total. The smallest absolute Gasteiger partial charge is 0.241 e. The minimum atomic E-state index is -3.80. The van der Waals surface area contributed by atoms with Crippen LogP contribution in [-0.2, 0) is 19.6 Å². The highest BCUT2D eigenvalue weighted by molar-refractivity contribution is 7.89. The van der Waals surface area contributed by atoms with E-state index in [9.17, 15) is 18.0 Å². The number of aldehydes is 1. The molecule has 116 valence electrons. The Kier molecular flexibility index (Phi) is 6.45. The van der Waals surface area contributed by atoms with Crippen LogP contribution in [0.1, 0.15) is 13.8 Å². The molecule has 0 aliphatic rings. The summed E-state index contributed by atoms with van der Waals surface area (Å²) in [7, 11) is -1.34. The predicted octanol–water partition coefficient (Wildman–Crippen LogP) is -0.195. The molecule has 1 amide bonds. The third kappa shape index (κ3) is 5.19. The largest absolute Gasteiger partial charge is 0.348 e. The fourth-order valence-electron chi connectivity index (χ4n) is 1.63. The number of hydrogen-bond acceptors (Lipinski definition) is 4. The highest BCUT2D eigenvalue weighted by atomic mass is 32.2. The minimum Gasteiger partial charge on any atom is -0.348 e. The maximum absolute atomic E-state index is 12.3. The SMILES string of the molecule is CC(C)C(NS(=O)(=O)c1ccc(P)cc1)C(=O)NCC=O. The number of hydrogen-bond donors (Lipinski definition) is 2. The van der Waals surface area contributed by atoms with Gasteiger partial charge < -0.3 is 10.1 Å². The molecule has 0 fully saturated rings. The Morgan fingerprint density at radius 3 is 2.33 bits per heavy atom. The maximum atomic E-state index is 12.3. The molecule has 0 aliphatic carbocycles. The highest BCUT2D eigenvalue weighted by Gasteiger charge is 2.28. The monoisotopic (exact) mass is 330 g/mol. The molecule has 1 aromatic rings. The van der Waals surface area contributed by atoms with E-state index in [4.69, 9.17) is 0 Å². The molecule has 0 saturated carbocycles. The Hall–Kier alpha value is -1.30. The number of nitrogens with one attached hydrogen (secondary N) is 2. The number of sulfonamides is 1. The van der Waals surface area contributed by atoms with Crippen molar-refractivity contribution in [3.05, 3.63) is 24.3 Å². The summed E-state index contributed by atoms with van der Waals surface area (Å²) in [5.74, 6) is -0.782. The number of carbonyl (C=O) groups is 2. The second kappa shape index (κ2) is 7.64. The van der Waals surface area contributed by atoms with Gasteiger partial charge in [0.15, 0.2) is 0 Å². The minimum absolute atomic E-state index is 0.0857. The molecule has 0 heterocycles. The molecule has 6 nitrogen and oxygen atoms in total. The Morgan fingerprint density at radius 2 is 1.86 bits per heavy atom. The van der Waals surface area contributed by atoms with E-state index in [1.165, 1.54) is 12.1 Å². The molecule has 1 rings (SSSR count). The lowest BCUT2D eigenvalue weighted by molar-refractivity contribution is -0.124. The average Bonchev–Trinajstić information content (AvgIpc) is 2.42. The molecule has 8 heteroatoms. The molecule has 2 atom stereocenters. The summed E-state index contributed by atoms with van der Waals surface area (Å²) in [4.78, 5) is 22.3. The van der Waals surface area contributed by atoms with E-state index in [2.05, 4.69) is 19.3 Å². The van der Waals surface area contributed by atoms with Gasteiger partial charge in [-0.15, -0.1) is 9.24 Å². The number of benzene rings is 1. The van der Waals surface area contributed by atoms with Crippen LogP contribution in [-0.4, -0.2) is 33.2 Å². The van der Waals surface area contributed by atoms with Crippen LogP contribution in [0.4, 0.5) is 0 Å². The predicted molar refractivity (Wildman–Crippen MR) is 83.8 cm³/mol. The molecule has 0 saturated heterocycles. The quantitative estimate of drug-likeness (QED) is 0.535. The Bertz CT molecular complexity index is 599. The number of amides is 1. The van der Waals surface area contributed by atoms with Crippen molar-refractivity contribution in [2.45, 2.75) is 24.8 Å². The van der Waals surface area contributed by atoms with Crippen LogP contribution in [0.5, 0.6) is 0 Å². The van der Waals surface area contributed by atoms with E-state index < -0.39 is 22.0 Å². The van der Waals surface area contributed by atoms with Crippen molar-refractivity contribution in [3.8, 4) is 0 Å². The normalized spacial score (nSPS) is 13.0.